The van der Waals surface area contributed by atoms with Gasteiger partial charge in [-0.25, -0.2) is 0 Å². The Balaban J connectivity index is 1.64. The minimum Gasteiger partial charge on any atom is -0.313 e. The van der Waals surface area contributed by atoms with Gasteiger partial charge < -0.3 is 5.32 Å². The highest BCUT2D eigenvalue weighted by molar-refractivity contribution is 5.23. The zero-order chi connectivity index (χ0) is 14.5. The molecule has 0 aromatic heterocycles. The average Bonchev–Trinajstić information content (AvgIpc) is 2.54. The molecule has 1 aliphatic heterocycles. The van der Waals surface area contributed by atoms with Crippen molar-refractivity contribution in [3.8, 4) is 0 Å². The summed E-state index contributed by atoms with van der Waals surface area (Å²) in [5, 5.41) is 3.43. The molecule has 2 aliphatic rings. The fourth-order valence-corrected chi connectivity index (χ4v) is 4.27. The van der Waals surface area contributed by atoms with Crippen molar-refractivity contribution >= 4 is 0 Å². The number of fused-ring (bicyclic) bond motifs is 1. The first kappa shape index (κ1) is 15.1. The van der Waals surface area contributed by atoms with Crippen LogP contribution in [-0.2, 0) is 13.1 Å². The fourth-order valence-electron chi connectivity index (χ4n) is 4.27. The van der Waals surface area contributed by atoms with Crippen molar-refractivity contribution < 1.29 is 0 Å². The van der Waals surface area contributed by atoms with E-state index in [-0.39, 0.29) is 0 Å². The van der Waals surface area contributed by atoms with Gasteiger partial charge in [0.2, 0.25) is 0 Å². The molecule has 3 rings (SSSR count). The van der Waals surface area contributed by atoms with Crippen molar-refractivity contribution in [1.82, 2.24) is 10.2 Å². The number of nitrogens with zero attached hydrogens (tertiary/aromatic N) is 1. The van der Waals surface area contributed by atoms with E-state index in [9.17, 15) is 0 Å². The Morgan fingerprint density at radius 3 is 2.81 bits per heavy atom. The van der Waals surface area contributed by atoms with Crippen LogP contribution >= 0.6 is 0 Å². The summed E-state index contributed by atoms with van der Waals surface area (Å²) < 4.78 is 0. The van der Waals surface area contributed by atoms with Gasteiger partial charge in [0, 0.05) is 19.1 Å². The Labute approximate surface area is 129 Å². The van der Waals surface area contributed by atoms with Gasteiger partial charge in [-0.2, -0.15) is 0 Å². The summed E-state index contributed by atoms with van der Waals surface area (Å²) in [4.78, 5) is 2.78. The lowest BCUT2D eigenvalue weighted by Gasteiger charge is -2.44. The van der Waals surface area contributed by atoms with Gasteiger partial charge in [0.1, 0.15) is 0 Å². The van der Waals surface area contributed by atoms with Crippen LogP contribution in [0.4, 0.5) is 0 Å². The third-order valence-corrected chi connectivity index (χ3v) is 5.31. The zero-order valence-corrected chi connectivity index (χ0v) is 13.5. The molecule has 0 spiro atoms. The van der Waals surface area contributed by atoms with Gasteiger partial charge in [-0.3, -0.25) is 4.90 Å². The smallest absolute Gasteiger partial charge is 0.0236 e. The van der Waals surface area contributed by atoms with Crippen LogP contribution in [0.25, 0.3) is 0 Å². The van der Waals surface area contributed by atoms with Crippen LogP contribution in [0.3, 0.4) is 0 Å². The molecule has 2 fully saturated rings. The highest BCUT2D eigenvalue weighted by Gasteiger charge is 2.32. The van der Waals surface area contributed by atoms with Gasteiger partial charge in [-0.1, -0.05) is 44.0 Å². The zero-order valence-electron chi connectivity index (χ0n) is 13.5. The minimum absolute atomic E-state index is 0.866. The molecule has 1 N–H and O–H groups in total. The summed E-state index contributed by atoms with van der Waals surface area (Å²) in [5.41, 5.74) is 2.92. The quantitative estimate of drug-likeness (QED) is 0.881. The maximum absolute atomic E-state index is 3.43. The lowest BCUT2D eigenvalue weighted by Crippen LogP contribution is -2.46. The molecule has 116 valence electrons. The van der Waals surface area contributed by atoms with E-state index < -0.39 is 0 Å². The van der Waals surface area contributed by atoms with Crippen LogP contribution < -0.4 is 5.32 Å². The van der Waals surface area contributed by atoms with E-state index in [1.165, 1.54) is 56.2 Å². The highest BCUT2D eigenvalue weighted by Crippen LogP contribution is 2.35. The van der Waals surface area contributed by atoms with Gasteiger partial charge in [0.15, 0.2) is 0 Å². The van der Waals surface area contributed by atoms with Gasteiger partial charge in [0.25, 0.3) is 0 Å². The fraction of sp³-hybridized carbons (Fsp3) is 0.684. The van der Waals surface area contributed by atoms with Gasteiger partial charge in [-0.05, 0) is 55.8 Å². The Hall–Kier alpha value is -0.860. The van der Waals surface area contributed by atoms with Gasteiger partial charge >= 0.3 is 0 Å². The molecule has 1 aromatic carbocycles. The Kier molecular flexibility index (Phi) is 5.32. The summed E-state index contributed by atoms with van der Waals surface area (Å²) >= 11 is 0. The molecule has 1 heterocycles. The second-order valence-electron chi connectivity index (χ2n) is 6.82. The number of likely N-dealkylation sites (tertiary alicyclic amines) is 1. The van der Waals surface area contributed by atoms with Crippen LogP contribution in [0.5, 0.6) is 0 Å². The predicted octanol–water partition coefficient (Wildman–Crippen LogP) is 3.95. The normalized spacial score (nSPS) is 26.5. The molecule has 1 aromatic rings. The van der Waals surface area contributed by atoms with Crippen LogP contribution in [0.1, 0.15) is 56.6 Å². The minimum atomic E-state index is 0.866. The van der Waals surface area contributed by atoms with E-state index in [0.717, 1.165) is 31.6 Å². The van der Waals surface area contributed by atoms with E-state index in [1.807, 2.05) is 0 Å². The summed E-state index contributed by atoms with van der Waals surface area (Å²) in [7, 11) is 0. The number of hydrogen-bond donors (Lipinski definition) is 1. The highest BCUT2D eigenvalue weighted by atomic mass is 15.2. The van der Waals surface area contributed by atoms with E-state index in [4.69, 9.17) is 0 Å². The van der Waals surface area contributed by atoms with Crippen LogP contribution in [0, 0.1) is 5.92 Å². The Bertz CT molecular complexity index is 441. The summed E-state index contributed by atoms with van der Waals surface area (Å²) in [6.45, 7) is 6.66. The van der Waals surface area contributed by atoms with Gasteiger partial charge in [0.05, 0.1) is 0 Å². The second kappa shape index (κ2) is 7.42. The largest absolute Gasteiger partial charge is 0.313 e. The molecule has 1 saturated heterocycles. The number of nitrogens with one attached hydrogen (secondary N) is 1. The van der Waals surface area contributed by atoms with Crippen molar-refractivity contribution in [1.29, 1.82) is 0 Å². The molecule has 2 heteroatoms. The first-order valence-corrected chi connectivity index (χ1v) is 8.89. The third kappa shape index (κ3) is 3.87. The van der Waals surface area contributed by atoms with E-state index in [2.05, 4.69) is 41.4 Å². The van der Waals surface area contributed by atoms with Crippen LogP contribution in [0.2, 0.25) is 0 Å². The van der Waals surface area contributed by atoms with Crippen molar-refractivity contribution in [3.63, 3.8) is 0 Å². The molecule has 0 amide bonds. The Morgan fingerprint density at radius 1 is 1.10 bits per heavy atom. The summed E-state index contributed by atoms with van der Waals surface area (Å²) in [6, 6.07) is 10.0. The molecule has 0 unspecified atom stereocenters. The number of hydrogen-bond acceptors (Lipinski definition) is 2. The Morgan fingerprint density at radius 2 is 1.90 bits per heavy atom. The van der Waals surface area contributed by atoms with Crippen molar-refractivity contribution in [2.24, 2.45) is 5.92 Å². The molecule has 0 bridgehead atoms. The number of piperidine rings is 1. The van der Waals surface area contributed by atoms with E-state index in [0.29, 0.717) is 0 Å². The van der Waals surface area contributed by atoms with Crippen LogP contribution in [-0.4, -0.2) is 24.0 Å². The van der Waals surface area contributed by atoms with Crippen molar-refractivity contribution in [2.45, 2.75) is 64.6 Å². The molecule has 2 nitrogen and oxygen atoms in total. The molecule has 1 aliphatic carbocycles. The summed E-state index contributed by atoms with van der Waals surface area (Å²) in [5.74, 6) is 0.984. The first-order valence-electron chi connectivity index (χ1n) is 8.89. The predicted molar refractivity (Wildman–Crippen MR) is 89.2 cm³/mol. The van der Waals surface area contributed by atoms with Crippen LogP contribution in [0.15, 0.2) is 24.3 Å². The third-order valence-electron chi connectivity index (χ3n) is 5.31. The lowest BCUT2D eigenvalue weighted by molar-refractivity contribution is 0.0547. The first-order chi connectivity index (χ1) is 10.4. The topological polar surface area (TPSA) is 15.3 Å². The number of benzene rings is 1. The molecule has 1 saturated carbocycles. The molecular formula is C19H30N2. The monoisotopic (exact) mass is 286 g/mol. The second-order valence-corrected chi connectivity index (χ2v) is 6.82. The van der Waals surface area contributed by atoms with Crippen molar-refractivity contribution in [3.05, 3.63) is 35.4 Å². The molecule has 0 radical (unpaired) electrons. The van der Waals surface area contributed by atoms with Gasteiger partial charge in [-0.15, -0.1) is 0 Å². The number of rotatable bonds is 5. The average molecular weight is 286 g/mol. The molecule has 21 heavy (non-hydrogen) atoms. The lowest BCUT2D eigenvalue weighted by atomic mass is 9.78. The standard InChI is InChI=1S/C19H30N2/c1-2-20-14-16-7-5-8-17(13-16)15-21-12-6-10-18-9-3-4-11-19(18)21/h5,7-8,13,18-20H,2-4,6,9-12,14-15H2,1H3/t18-,19-/m1/s1. The molecule has 2 atom stereocenters. The SMILES string of the molecule is CCNCc1cccc(CN2CCC[C@H]3CCCC[C@H]32)c1. The van der Waals surface area contributed by atoms with E-state index in [1.54, 1.807) is 0 Å². The van der Waals surface area contributed by atoms with E-state index >= 15 is 0 Å². The van der Waals surface area contributed by atoms with Crippen molar-refractivity contribution in [2.75, 3.05) is 13.1 Å². The maximum atomic E-state index is 3.43. The summed E-state index contributed by atoms with van der Waals surface area (Å²) in [6.07, 6.45) is 8.69. The molecular weight excluding hydrogens is 256 g/mol. The maximum Gasteiger partial charge on any atom is 0.0236 e.